The van der Waals surface area contributed by atoms with Crippen molar-refractivity contribution in [1.82, 2.24) is 4.90 Å². The van der Waals surface area contributed by atoms with Gasteiger partial charge in [0.2, 0.25) is 0 Å². The third-order valence-corrected chi connectivity index (χ3v) is 6.85. The van der Waals surface area contributed by atoms with Gasteiger partial charge in [0.1, 0.15) is 11.6 Å². The van der Waals surface area contributed by atoms with Crippen LogP contribution < -0.4 is 9.04 Å². The second-order valence-corrected chi connectivity index (χ2v) is 9.49. The predicted molar refractivity (Wildman–Crippen MR) is 122 cm³/mol. The zero-order valence-corrected chi connectivity index (χ0v) is 19.1. The SMILES string of the molecule is CN(Cc1ccc(F)cc1)C(=O)COc1ccc(N(C)S(=O)(=O)c2ccc(Cl)cc2)cc1. The monoisotopic (exact) mass is 476 g/mol. The van der Waals surface area contributed by atoms with E-state index in [1.165, 1.54) is 48.3 Å². The van der Waals surface area contributed by atoms with Gasteiger partial charge in [0.05, 0.1) is 10.6 Å². The van der Waals surface area contributed by atoms with Crippen molar-refractivity contribution in [2.24, 2.45) is 0 Å². The van der Waals surface area contributed by atoms with E-state index in [0.29, 0.717) is 23.0 Å². The molecule has 0 saturated heterocycles. The average molecular weight is 477 g/mol. The average Bonchev–Trinajstić information content (AvgIpc) is 2.79. The number of hydrogen-bond donors (Lipinski definition) is 0. The van der Waals surface area contributed by atoms with E-state index in [-0.39, 0.29) is 23.2 Å². The minimum Gasteiger partial charge on any atom is -0.484 e. The Kier molecular flexibility index (Phi) is 7.37. The molecule has 9 heteroatoms. The van der Waals surface area contributed by atoms with Gasteiger partial charge in [0.15, 0.2) is 6.61 Å². The number of likely N-dealkylation sites (N-methyl/N-ethyl adjacent to an activating group) is 1. The summed E-state index contributed by atoms with van der Waals surface area (Å²) in [5.74, 6) is -0.156. The Labute approximate surface area is 191 Å². The molecule has 3 rings (SSSR count). The molecule has 0 radical (unpaired) electrons. The van der Waals surface area contributed by atoms with Gasteiger partial charge in [0, 0.05) is 25.7 Å². The number of benzene rings is 3. The first kappa shape index (κ1) is 23.6. The number of rotatable bonds is 8. The lowest BCUT2D eigenvalue weighted by Gasteiger charge is -2.20. The lowest BCUT2D eigenvalue weighted by atomic mass is 10.2. The van der Waals surface area contributed by atoms with Crippen LogP contribution in [0.5, 0.6) is 5.75 Å². The van der Waals surface area contributed by atoms with Crippen LogP contribution in [0.2, 0.25) is 5.02 Å². The van der Waals surface area contributed by atoms with Crippen LogP contribution in [-0.4, -0.2) is 39.9 Å². The summed E-state index contributed by atoms with van der Waals surface area (Å²) >= 11 is 5.83. The van der Waals surface area contributed by atoms with Crippen LogP contribution in [0, 0.1) is 5.82 Å². The van der Waals surface area contributed by atoms with Crippen molar-refractivity contribution in [3.63, 3.8) is 0 Å². The molecule has 0 spiro atoms. The fourth-order valence-corrected chi connectivity index (χ4v) is 4.18. The molecule has 3 aromatic rings. The summed E-state index contributed by atoms with van der Waals surface area (Å²) in [7, 11) is -0.656. The molecule has 0 atom stereocenters. The van der Waals surface area contributed by atoms with Crippen LogP contribution in [0.25, 0.3) is 0 Å². The lowest BCUT2D eigenvalue weighted by molar-refractivity contribution is -0.132. The van der Waals surface area contributed by atoms with E-state index >= 15 is 0 Å². The van der Waals surface area contributed by atoms with Crippen LogP contribution in [0.1, 0.15) is 5.56 Å². The number of amides is 1. The molecule has 0 aromatic heterocycles. The maximum Gasteiger partial charge on any atom is 0.264 e. The van der Waals surface area contributed by atoms with Crippen LogP contribution in [0.3, 0.4) is 0 Å². The molecular formula is C23H22ClFN2O4S. The standard InChI is InChI=1S/C23H22ClFN2O4S/c1-26(15-17-3-7-19(25)8-4-17)23(28)16-31-21-11-9-20(10-12-21)27(2)32(29,30)22-13-5-18(24)6-14-22/h3-14H,15-16H2,1-2H3. The zero-order valence-electron chi connectivity index (χ0n) is 17.5. The summed E-state index contributed by atoms with van der Waals surface area (Å²) in [6, 6.07) is 18.2. The van der Waals surface area contributed by atoms with Crippen LogP contribution >= 0.6 is 11.6 Å². The van der Waals surface area contributed by atoms with Gasteiger partial charge < -0.3 is 9.64 Å². The summed E-state index contributed by atoms with van der Waals surface area (Å²) in [4.78, 5) is 13.9. The number of ether oxygens (including phenoxy) is 1. The van der Waals surface area contributed by atoms with Crippen LogP contribution in [-0.2, 0) is 21.4 Å². The van der Waals surface area contributed by atoms with E-state index in [4.69, 9.17) is 16.3 Å². The Morgan fingerprint density at radius 3 is 2.12 bits per heavy atom. The van der Waals surface area contributed by atoms with E-state index in [9.17, 15) is 17.6 Å². The second kappa shape index (κ2) is 10.0. The summed E-state index contributed by atoms with van der Waals surface area (Å²) in [5, 5.41) is 0.450. The highest BCUT2D eigenvalue weighted by molar-refractivity contribution is 7.92. The Morgan fingerprint density at radius 2 is 1.53 bits per heavy atom. The van der Waals surface area contributed by atoms with Crippen molar-refractivity contribution in [1.29, 1.82) is 0 Å². The lowest BCUT2D eigenvalue weighted by Crippen LogP contribution is -2.31. The van der Waals surface area contributed by atoms with Gasteiger partial charge in [-0.2, -0.15) is 0 Å². The third-order valence-electron chi connectivity index (χ3n) is 4.79. The second-order valence-electron chi connectivity index (χ2n) is 7.09. The highest BCUT2D eigenvalue weighted by Crippen LogP contribution is 2.25. The Morgan fingerprint density at radius 1 is 0.938 bits per heavy atom. The maximum atomic E-state index is 13.0. The molecule has 6 nitrogen and oxygen atoms in total. The molecule has 32 heavy (non-hydrogen) atoms. The van der Waals surface area contributed by atoms with E-state index in [0.717, 1.165) is 9.87 Å². The summed E-state index contributed by atoms with van der Waals surface area (Å²) in [6.45, 7) is 0.144. The van der Waals surface area contributed by atoms with E-state index in [1.807, 2.05) is 0 Å². The highest BCUT2D eigenvalue weighted by atomic mass is 35.5. The largest absolute Gasteiger partial charge is 0.484 e. The molecule has 0 saturated carbocycles. The molecule has 1 amide bonds. The van der Waals surface area contributed by atoms with Gasteiger partial charge >= 0.3 is 0 Å². The quantitative estimate of drug-likeness (QED) is 0.485. The molecule has 0 fully saturated rings. The number of carbonyl (C=O) groups excluding carboxylic acids is 1. The minimum atomic E-state index is -3.74. The first-order chi connectivity index (χ1) is 15.2. The fourth-order valence-electron chi connectivity index (χ4n) is 2.86. The van der Waals surface area contributed by atoms with E-state index in [1.54, 1.807) is 43.4 Å². The van der Waals surface area contributed by atoms with Gasteiger partial charge in [-0.05, 0) is 66.2 Å². The van der Waals surface area contributed by atoms with Gasteiger partial charge in [0.25, 0.3) is 15.9 Å². The van der Waals surface area contributed by atoms with Gasteiger partial charge in [-0.15, -0.1) is 0 Å². The fraction of sp³-hybridized carbons (Fsp3) is 0.174. The topological polar surface area (TPSA) is 66.9 Å². The van der Waals surface area contributed by atoms with Gasteiger partial charge in [-0.3, -0.25) is 9.10 Å². The number of sulfonamides is 1. The smallest absolute Gasteiger partial charge is 0.264 e. The zero-order chi connectivity index (χ0) is 23.3. The molecule has 0 N–H and O–H groups in total. The van der Waals surface area contributed by atoms with Gasteiger partial charge in [-0.1, -0.05) is 23.7 Å². The van der Waals surface area contributed by atoms with Crippen molar-refractivity contribution in [3.05, 3.63) is 89.2 Å². The molecule has 0 heterocycles. The predicted octanol–water partition coefficient (Wildman–Crippen LogP) is 4.34. The van der Waals surface area contributed by atoms with Crippen molar-refractivity contribution in [2.75, 3.05) is 25.0 Å². The normalized spacial score (nSPS) is 11.1. The first-order valence-corrected chi connectivity index (χ1v) is 11.4. The molecule has 0 unspecified atom stereocenters. The Bertz CT molecular complexity index is 1170. The third kappa shape index (κ3) is 5.77. The van der Waals surface area contributed by atoms with Gasteiger partial charge in [-0.25, -0.2) is 12.8 Å². The van der Waals surface area contributed by atoms with Crippen LogP contribution in [0.15, 0.2) is 77.7 Å². The first-order valence-electron chi connectivity index (χ1n) is 9.62. The Hall–Kier alpha value is -3.10. The molecule has 3 aromatic carbocycles. The van der Waals surface area contributed by atoms with Crippen LogP contribution in [0.4, 0.5) is 10.1 Å². The highest BCUT2D eigenvalue weighted by Gasteiger charge is 2.21. The maximum absolute atomic E-state index is 13.0. The minimum absolute atomic E-state index is 0.125. The summed E-state index contributed by atoms with van der Waals surface area (Å²) in [6.07, 6.45) is 0. The van der Waals surface area contributed by atoms with Crippen molar-refractivity contribution in [2.45, 2.75) is 11.4 Å². The van der Waals surface area contributed by atoms with Crippen molar-refractivity contribution >= 4 is 33.2 Å². The Balaban J connectivity index is 1.58. The van der Waals surface area contributed by atoms with E-state index < -0.39 is 10.0 Å². The summed E-state index contributed by atoms with van der Waals surface area (Å²) < 4.78 is 45.2. The number of nitrogens with zero attached hydrogens (tertiary/aromatic N) is 2. The molecule has 168 valence electrons. The van der Waals surface area contributed by atoms with Crippen molar-refractivity contribution < 1.29 is 22.3 Å². The molecule has 0 bridgehead atoms. The molecular weight excluding hydrogens is 455 g/mol. The molecule has 0 aliphatic heterocycles. The number of carbonyl (C=O) groups is 1. The molecule has 0 aliphatic carbocycles. The summed E-state index contributed by atoms with van der Waals surface area (Å²) in [5.41, 5.74) is 1.24. The van der Waals surface area contributed by atoms with Crippen molar-refractivity contribution in [3.8, 4) is 5.75 Å². The number of anilines is 1. The van der Waals surface area contributed by atoms with E-state index in [2.05, 4.69) is 0 Å². The number of hydrogen-bond acceptors (Lipinski definition) is 4. The number of halogens is 2. The molecule has 0 aliphatic rings.